The van der Waals surface area contributed by atoms with Crippen LogP contribution in [0.1, 0.15) is 46.3 Å². The molecule has 3 aromatic rings. The number of aryl methyl sites for hydroxylation is 3. The van der Waals surface area contributed by atoms with Gasteiger partial charge in [0.05, 0.1) is 31.0 Å². The molecule has 1 saturated heterocycles. The van der Waals surface area contributed by atoms with Gasteiger partial charge in [0, 0.05) is 38.3 Å². The normalized spacial score (nSPS) is 14.2. The molecule has 0 saturated carbocycles. The molecule has 0 unspecified atom stereocenters. The first-order chi connectivity index (χ1) is 17.9. The van der Waals surface area contributed by atoms with Crippen molar-refractivity contribution >= 4 is 28.8 Å². The van der Waals surface area contributed by atoms with Crippen LogP contribution in [-0.4, -0.2) is 82.0 Å². The molecule has 3 heterocycles. The van der Waals surface area contributed by atoms with Gasteiger partial charge in [-0.15, -0.1) is 0 Å². The van der Waals surface area contributed by atoms with Crippen LogP contribution in [-0.2, 0) is 17.8 Å². The van der Waals surface area contributed by atoms with Crippen molar-refractivity contribution in [3.05, 3.63) is 35.2 Å². The number of hydrogen-bond acceptors (Lipinski definition) is 8. The summed E-state index contributed by atoms with van der Waals surface area (Å²) in [7, 11) is 0. The van der Waals surface area contributed by atoms with Gasteiger partial charge in [-0.1, -0.05) is 0 Å². The zero-order valence-corrected chi connectivity index (χ0v) is 21.5. The number of rotatable bonds is 12. The highest BCUT2D eigenvalue weighted by Crippen LogP contribution is 2.31. The van der Waals surface area contributed by atoms with E-state index >= 15 is 0 Å². The predicted octanol–water partition coefficient (Wildman–Crippen LogP) is 1.36. The molecule has 1 aromatic carbocycles. The van der Waals surface area contributed by atoms with Gasteiger partial charge in [-0.3, -0.25) is 24.5 Å². The van der Waals surface area contributed by atoms with E-state index in [1.165, 1.54) is 0 Å². The molecule has 12 nitrogen and oxygen atoms in total. The number of morpholine rings is 1. The van der Waals surface area contributed by atoms with Crippen LogP contribution in [0.5, 0.6) is 5.75 Å². The number of nitrogens with one attached hydrogen (secondary N) is 1. The fourth-order valence-corrected chi connectivity index (χ4v) is 4.47. The lowest BCUT2D eigenvalue weighted by atomic mass is 10.1. The number of amides is 2. The van der Waals surface area contributed by atoms with Crippen molar-refractivity contribution in [2.24, 2.45) is 11.5 Å². The van der Waals surface area contributed by atoms with E-state index in [1.54, 1.807) is 22.9 Å². The molecular weight excluding hydrogens is 476 g/mol. The van der Waals surface area contributed by atoms with E-state index in [-0.39, 0.29) is 11.5 Å². The molecule has 37 heavy (non-hydrogen) atoms. The van der Waals surface area contributed by atoms with Gasteiger partial charge in [-0.2, -0.15) is 5.10 Å². The molecule has 12 heteroatoms. The number of hydrogen-bond donors (Lipinski definition) is 3. The first-order valence-electron chi connectivity index (χ1n) is 12.7. The summed E-state index contributed by atoms with van der Waals surface area (Å²) < 4.78 is 15.1. The first kappa shape index (κ1) is 26.6. The standard InChI is InChI=1S/C25H36N8O4/c1-3-33-20(14-17(2)30-33)24(35)29-25-28-19-15-18(23(27)34)16-21(22(19)32(25)8-4-6-26)37-11-5-7-31-9-12-36-13-10-31/h14-16H,3-13,26H2,1-2H3,(H2,27,34)(H,28,29,35). The van der Waals surface area contributed by atoms with E-state index < -0.39 is 5.91 Å². The molecule has 0 bridgehead atoms. The predicted molar refractivity (Wildman–Crippen MR) is 140 cm³/mol. The molecule has 0 radical (unpaired) electrons. The van der Waals surface area contributed by atoms with E-state index in [0.717, 1.165) is 45.0 Å². The second kappa shape index (κ2) is 12.2. The zero-order chi connectivity index (χ0) is 26.4. The minimum absolute atomic E-state index is 0.289. The number of benzene rings is 1. The molecule has 1 fully saturated rings. The number of nitrogens with zero attached hydrogens (tertiary/aromatic N) is 5. The van der Waals surface area contributed by atoms with Gasteiger partial charge in [-0.25, -0.2) is 4.98 Å². The van der Waals surface area contributed by atoms with E-state index in [1.807, 2.05) is 18.4 Å². The Hall–Kier alpha value is -3.48. The van der Waals surface area contributed by atoms with Crippen molar-refractivity contribution in [2.75, 3.05) is 51.3 Å². The SMILES string of the molecule is CCn1nc(C)cc1C(=O)Nc1nc2cc(C(N)=O)cc(OCCCN3CCOCC3)c2n1CCCN. The van der Waals surface area contributed by atoms with Crippen LogP contribution in [0.4, 0.5) is 5.95 Å². The number of carbonyl (C=O) groups is 2. The van der Waals surface area contributed by atoms with Crippen LogP contribution in [0.25, 0.3) is 11.0 Å². The zero-order valence-electron chi connectivity index (χ0n) is 21.5. The number of carbonyl (C=O) groups excluding carboxylic acids is 2. The maximum absolute atomic E-state index is 13.2. The van der Waals surface area contributed by atoms with Crippen LogP contribution in [0.2, 0.25) is 0 Å². The van der Waals surface area contributed by atoms with Gasteiger partial charge in [0.25, 0.3) is 5.91 Å². The number of aromatic nitrogens is 4. The Balaban J connectivity index is 1.63. The smallest absolute Gasteiger partial charge is 0.276 e. The Kier molecular flexibility index (Phi) is 8.74. The number of fused-ring (bicyclic) bond motifs is 1. The minimum atomic E-state index is -0.579. The van der Waals surface area contributed by atoms with Crippen LogP contribution in [0.15, 0.2) is 18.2 Å². The van der Waals surface area contributed by atoms with Crippen molar-refractivity contribution in [1.29, 1.82) is 0 Å². The molecule has 2 amide bonds. The van der Waals surface area contributed by atoms with Gasteiger partial charge in [-0.05, 0) is 51.4 Å². The summed E-state index contributed by atoms with van der Waals surface area (Å²) >= 11 is 0. The van der Waals surface area contributed by atoms with Crippen LogP contribution >= 0.6 is 0 Å². The van der Waals surface area contributed by atoms with Gasteiger partial charge < -0.3 is 25.5 Å². The summed E-state index contributed by atoms with van der Waals surface area (Å²) in [4.78, 5) is 32.2. The van der Waals surface area contributed by atoms with E-state index in [9.17, 15) is 9.59 Å². The number of ether oxygens (including phenoxy) is 2. The Morgan fingerprint density at radius 1 is 1.16 bits per heavy atom. The second-order valence-corrected chi connectivity index (χ2v) is 9.03. The van der Waals surface area contributed by atoms with Crippen molar-refractivity contribution in [2.45, 2.75) is 39.8 Å². The third-order valence-corrected chi connectivity index (χ3v) is 6.32. The number of nitrogens with two attached hydrogens (primary N) is 2. The maximum Gasteiger partial charge on any atom is 0.276 e. The minimum Gasteiger partial charge on any atom is -0.491 e. The van der Waals surface area contributed by atoms with Gasteiger partial charge >= 0.3 is 0 Å². The highest BCUT2D eigenvalue weighted by atomic mass is 16.5. The molecule has 1 aliphatic heterocycles. The number of imidazole rings is 1. The van der Waals surface area contributed by atoms with E-state index in [0.29, 0.717) is 61.1 Å². The average Bonchev–Trinajstić information content (AvgIpc) is 3.45. The van der Waals surface area contributed by atoms with Crippen molar-refractivity contribution in [3.8, 4) is 5.75 Å². The number of anilines is 1. The van der Waals surface area contributed by atoms with E-state index in [4.69, 9.17) is 20.9 Å². The molecule has 2 aromatic heterocycles. The molecular formula is C25H36N8O4. The van der Waals surface area contributed by atoms with Crippen LogP contribution < -0.4 is 21.5 Å². The monoisotopic (exact) mass is 512 g/mol. The lowest BCUT2D eigenvalue weighted by Crippen LogP contribution is -2.37. The number of primary amides is 1. The summed E-state index contributed by atoms with van der Waals surface area (Å²) in [5.41, 5.74) is 14.1. The van der Waals surface area contributed by atoms with Gasteiger partial charge in [0.15, 0.2) is 0 Å². The van der Waals surface area contributed by atoms with Gasteiger partial charge in [0.2, 0.25) is 11.9 Å². The Morgan fingerprint density at radius 3 is 2.65 bits per heavy atom. The Labute approximate surface area is 215 Å². The molecule has 5 N–H and O–H groups in total. The van der Waals surface area contributed by atoms with Crippen molar-refractivity contribution in [1.82, 2.24) is 24.2 Å². The third-order valence-electron chi connectivity index (χ3n) is 6.32. The fraction of sp³-hybridized carbons (Fsp3) is 0.520. The largest absolute Gasteiger partial charge is 0.491 e. The summed E-state index contributed by atoms with van der Waals surface area (Å²) in [6, 6.07) is 4.99. The summed E-state index contributed by atoms with van der Waals surface area (Å²) in [5.74, 6) is -0.0678. The molecule has 0 atom stereocenters. The summed E-state index contributed by atoms with van der Waals surface area (Å²) in [6.45, 7) is 9.95. The molecule has 4 rings (SSSR count). The molecule has 0 aliphatic carbocycles. The molecule has 1 aliphatic rings. The Bertz CT molecular complexity index is 1250. The molecule has 0 spiro atoms. The van der Waals surface area contributed by atoms with Crippen molar-refractivity contribution in [3.63, 3.8) is 0 Å². The van der Waals surface area contributed by atoms with Crippen molar-refractivity contribution < 1.29 is 19.1 Å². The fourth-order valence-electron chi connectivity index (χ4n) is 4.47. The third kappa shape index (κ3) is 6.27. The summed E-state index contributed by atoms with van der Waals surface area (Å²) in [5, 5.41) is 7.28. The summed E-state index contributed by atoms with van der Waals surface area (Å²) in [6.07, 6.45) is 1.47. The lowest BCUT2D eigenvalue weighted by molar-refractivity contribution is 0.0358. The highest BCUT2D eigenvalue weighted by molar-refractivity contribution is 6.04. The maximum atomic E-state index is 13.2. The Morgan fingerprint density at radius 2 is 1.95 bits per heavy atom. The van der Waals surface area contributed by atoms with Gasteiger partial charge in [0.1, 0.15) is 17.0 Å². The van der Waals surface area contributed by atoms with E-state index in [2.05, 4.69) is 20.3 Å². The second-order valence-electron chi connectivity index (χ2n) is 9.03. The quantitative estimate of drug-likeness (QED) is 0.307. The average molecular weight is 513 g/mol. The highest BCUT2D eigenvalue weighted by Gasteiger charge is 2.22. The molecule has 200 valence electrons. The van der Waals surface area contributed by atoms with Crippen LogP contribution in [0.3, 0.4) is 0 Å². The lowest BCUT2D eigenvalue weighted by Gasteiger charge is -2.26. The first-order valence-corrected chi connectivity index (χ1v) is 12.7. The van der Waals surface area contributed by atoms with Crippen LogP contribution in [0, 0.1) is 6.92 Å². The topological polar surface area (TPSA) is 156 Å².